The van der Waals surface area contributed by atoms with Crippen LogP contribution in [0.5, 0.6) is 0 Å². The van der Waals surface area contributed by atoms with Crippen molar-refractivity contribution in [2.24, 2.45) is 11.8 Å². The Morgan fingerprint density at radius 1 is 0.302 bits per heavy atom. The molecule has 0 spiro atoms. The van der Waals surface area contributed by atoms with Crippen LogP contribution in [0.3, 0.4) is 0 Å². The zero-order valence-corrected chi connectivity index (χ0v) is 64.5. The summed E-state index contributed by atoms with van der Waals surface area (Å²) in [7, 11) is -9.91. The highest BCUT2D eigenvalue weighted by Crippen LogP contribution is 2.45. The number of hydrogen-bond acceptors (Lipinski definition) is 15. The third-order valence-corrected chi connectivity index (χ3v) is 20.2. The quantitative estimate of drug-likeness (QED) is 0.0222. The van der Waals surface area contributed by atoms with Crippen LogP contribution >= 0.6 is 15.6 Å². The van der Waals surface area contributed by atoms with Crippen molar-refractivity contribution in [2.45, 2.75) is 419 Å². The highest BCUT2D eigenvalue weighted by molar-refractivity contribution is 7.47. The molecule has 0 heterocycles. The molecule has 0 aliphatic carbocycles. The fourth-order valence-electron chi connectivity index (χ4n) is 11.8. The lowest BCUT2D eigenvalue weighted by molar-refractivity contribution is -0.161. The number of carbonyl (C=O) groups excluding carboxylic acids is 4. The number of aliphatic hydroxyl groups is 1. The molecule has 3 unspecified atom stereocenters. The molecule has 19 heteroatoms. The monoisotopic (exact) mass is 1410 g/mol. The first kappa shape index (κ1) is 94.1. The highest BCUT2D eigenvalue weighted by atomic mass is 31.2. The van der Waals surface area contributed by atoms with Crippen LogP contribution in [-0.4, -0.2) is 96.7 Å². The van der Waals surface area contributed by atoms with E-state index in [0.29, 0.717) is 25.7 Å². The fraction of sp³-hybridized carbons (Fsp3) is 0.948. The van der Waals surface area contributed by atoms with Gasteiger partial charge in [-0.05, 0) is 37.5 Å². The van der Waals surface area contributed by atoms with Crippen molar-refractivity contribution in [1.82, 2.24) is 0 Å². The fourth-order valence-corrected chi connectivity index (χ4v) is 13.4. The number of phosphoric ester groups is 2. The van der Waals surface area contributed by atoms with E-state index in [1.54, 1.807) is 0 Å². The molecule has 0 amide bonds. The van der Waals surface area contributed by atoms with Gasteiger partial charge in [-0.1, -0.05) is 350 Å². The van der Waals surface area contributed by atoms with Gasteiger partial charge in [0, 0.05) is 25.7 Å². The van der Waals surface area contributed by atoms with Crippen LogP contribution in [-0.2, 0) is 65.4 Å². The van der Waals surface area contributed by atoms with Crippen molar-refractivity contribution < 1.29 is 80.2 Å². The molecule has 17 nitrogen and oxygen atoms in total. The third kappa shape index (κ3) is 69.2. The topological polar surface area (TPSA) is 237 Å². The van der Waals surface area contributed by atoms with Gasteiger partial charge in [0.2, 0.25) is 0 Å². The van der Waals surface area contributed by atoms with Crippen LogP contribution in [0.2, 0.25) is 0 Å². The van der Waals surface area contributed by atoms with Gasteiger partial charge in [0.15, 0.2) is 12.2 Å². The summed E-state index contributed by atoms with van der Waals surface area (Å²) < 4.78 is 68.5. The summed E-state index contributed by atoms with van der Waals surface area (Å²) in [5, 5.41) is 10.6. The lowest BCUT2D eigenvalue weighted by atomic mass is 10.00. The summed E-state index contributed by atoms with van der Waals surface area (Å²) in [5.74, 6) is -0.628. The minimum absolute atomic E-state index is 0.106. The van der Waals surface area contributed by atoms with Crippen LogP contribution < -0.4 is 0 Å². The van der Waals surface area contributed by atoms with Crippen LogP contribution in [0, 0.1) is 11.8 Å². The standard InChI is InChI=1S/C77H150O17P2/c1-7-10-12-14-16-18-20-21-22-23-24-25-26-27-28-29-30-32-38-42-50-56-62-77(82)93-72(65-87-74(79)59-53-47-40-36-34-33-35-39-45-51-57-69(4)5)67-91-95(83,84)89-63-71(78)64-90-96(85,86)92-68-73(66-88-75(80)60-54-48-44-43-46-52-58-70(6)9-3)94-76(81)61-55-49-41-37-31-19-17-15-13-11-8-2/h69-73,78H,7-68H2,1-6H3,(H,83,84)(H,85,86)/t70?,71-,72-,73-/m1/s1. The Morgan fingerprint density at radius 3 is 0.792 bits per heavy atom. The van der Waals surface area contributed by atoms with Gasteiger partial charge in [0.05, 0.1) is 26.4 Å². The molecule has 6 atom stereocenters. The Kier molecular flexibility index (Phi) is 67.4. The number of ether oxygens (including phenoxy) is 4. The maximum absolute atomic E-state index is 13.1. The second-order valence-corrected chi connectivity index (χ2v) is 31.4. The van der Waals surface area contributed by atoms with Crippen molar-refractivity contribution >= 4 is 39.5 Å². The van der Waals surface area contributed by atoms with E-state index in [-0.39, 0.29) is 25.7 Å². The number of phosphoric acid groups is 2. The van der Waals surface area contributed by atoms with E-state index >= 15 is 0 Å². The Bertz CT molecular complexity index is 1860. The van der Waals surface area contributed by atoms with E-state index in [0.717, 1.165) is 108 Å². The molecule has 3 N–H and O–H groups in total. The molecular weight excluding hydrogens is 1260 g/mol. The van der Waals surface area contributed by atoms with E-state index in [1.807, 2.05) is 0 Å². The van der Waals surface area contributed by atoms with Crippen molar-refractivity contribution in [1.29, 1.82) is 0 Å². The molecule has 0 aliphatic rings. The summed E-state index contributed by atoms with van der Waals surface area (Å²) in [6, 6.07) is 0. The average molecular weight is 1410 g/mol. The van der Waals surface area contributed by atoms with Crippen molar-refractivity contribution in [3.63, 3.8) is 0 Å². The van der Waals surface area contributed by atoms with Gasteiger partial charge in [0.25, 0.3) is 0 Å². The maximum atomic E-state index is 13.1. The maximum Gasteiger partial charge on any atom is 0.472 e. The smallest absolute Gasteiger partial charge is 0.462 e. The lowest BCUT2D eigenvalue weighted by Crippen LogP contribution is -2.30. The van der Waals surface area contributed by atoms with Crippen LogP contribution in [0.15, 0.2) is 0 Å². The van der Waals surface area contributed by atoms with Gasteiger partial charge in [-0.2, -0.15) is 0 Å². The van der Waals surface area contributed by atoms with Gasteiger partial charge in [-0.15, -0.1) is 0 Å². The molecule has 0 saturated carbocycles. The molecule has 96 heavy (non-hydrogen) atoms. The molecule has 0 fully saturated rings. The number of esters is 4. The number of carbonyl (C=O) groups is 4. The summed E-state index contributed by atoms with van der Waals surface area (Å²) in [4.78, 5) is 72.8. The van der Waals surface area contributed by atoms with Crippen molar-refractivity contribution in [3.05, 3.63) is 0 Å². The number of aliphatic hydroxyl groups excluding tert-OH is 1. The van der Waals surface area contributed by atoms with Crippen LogP contribution in [0.25, 0.3) is 0 Å². The first-order valence-electron chi connectivity index (χ1n) is 40.0. The lowest BCUT2D eigenvalue weighted by Gasteiger charge is -2.21. The zero-order valence-electron chi connectivity index (χ0n) is 62.7. The van der Waals surface area contributed by atoms with Crippen LogP contribution in [0.4, 0.5) is 0 Å². The summed E-state index contributed by atoms with van der Waals surface area (Å²) in [5.41, 5.74) is 0. The predicted octanol–water partition coefficient (Wildman–Crippen LogP) is 22.7. The zero-order chi connectivity index (χ0) is 70.7. The predicted molar refractivity (Wildman–Crippen MR) is 391 cm³/mol. The molecular formula is C77H150O17P2. The first-order valence-corrected chi connectivity index (χ1v) is 43.0. The SMILES string of the molecule is CCCCCCCCCCCCCCCCCCCCCCCCC(=O)O[C@H](COC(=O)CCCCCCCCCCCCC(C)C)COP(=O)(O)OC[C@@H](O)COP(=O)(O)OC[C@@H](COC(=O)CCCCCCCCC(C)CC)OC(=O)CCCCCCCCCCCCC. The molecule has 570 valence electrons. The number of rotatable bonds is 76. The molecule has 0 radical (unpaired) electrons. The van der Waals surface area contributed by atoms with Crippen LogP contribution in [0.1, 0.15) is 401 Å². The summed E-state index contributed by atoms with van der Waals surface area (Å²) >= 11 is 0. The minimum atomic E-state index is -4.96. The summed E-state index contributed by atoms with van der Waals surface area (Å²) in [6.45, 7) is 9.54. The second-order valence-electron chi connectivity index (χ2n) is 28.5. The van der Waals surface area contributed by atoms with Gasteiger partial charge in [-0.25, -0.2) is 9.13 Å². The molecule has 0 rings (SSSR count). The minimum Gasteiger partial charge on any atom is -0.462 e. The number of unbranched alkanes of at least 4 members (excludes halogenated alkanes) is 45. The van der Waals surface area contributed by atoms with E-state index in [1.165, 1.54) is 212 Å². The van der Waals surface area contributed by atoms with E-state index in [9.17, 15) is 43.2 Å². The largest absolute Gasteiger partial charge is 0.472 e. The van der Waals surface area contributed by atoms with Gasteiger partial charge >= 0.3 is 39.5 Å². The van der Waals surface area contributed by atoms with E-state index < -0.39 is 97.5 Å². The summed E-state index contributed by atoms with van der Waals surface area (Å²) in [6.07, 6.45) is 57.1. The Balaban J connectivity index is 5.18. The number of hydrogen-bond donors (Lipinski definition) is 3. The van der Waals surface area contributed by atoms with Gasteiger partial charge in [-0.3, -0.25) is 37.3 Å². The molecule has 0 aliphatic heterocycles. The third-order valence-electron chi connectivity index (χ3n) is 18.3. The Morgan fingerprint density at radius 2 is 0.531 bits per heavy atom. The highest BCUT2D eigenvalue weighted by Gasteiger charge is 2.30. The van der Waals surface area contributed by atoms with E-state index in [2.05, 4.69) is 41.5 Å². The van der Waals surface area contributed by atoms with Crippen molar-refractivity contribution in [2.75, 3.05) is 39.6 Å². The van der Waals surface area contributed by atoms with Crippen molar-refractivity contribution in [3.8, 4) is 0 Å². The second kappa shape index (κ2) is 68.8. The normalized spacial score (nSPS) is 14.3. The Hall–Kier alpha value is -1.94. The molecule has 0 aromatic heterocycles. The molecule has 0 bridgehead atoms. The van der Waals surface area contributed by atoms with E-state index in [4.69, 9.17) is 37.0 Å². The van der Waals surface area contributed by atoms with Gasteiger partial charge in [0.1, 0.15) is 19.3 Å². The molecule has 0 aromatic rings. The Labute approximate surface area is 588 Å². The first-order chi connectivity index (χ1) is 46.4. The molecule has 0 saturated heterocycles. The average Bonchev–Trinajstić information content (AvgIpc) is 2.26. The van der Waals surface area contributed by atoms with Gasteiger partial charge < -0.3 is 33.8 Å². The molecule has 0 aromatic carbocycles.